The Morgan fingerprint density at radius 3 is 2.67 bits per heavy atom. The Kier molecular flexibility index (Phi) is 2.73. The molecule has 2 aliphatic carbocycles. The molecule has 0 radical (unpaired) electrons. The third-order valence-electron chi connectivity index (χ3n) is 4.81. The zero-order valence-electron chi connectivity index (χ0n) is 9.84. The topological polar surface area (TPSA) is 24.1 Å². The van der Waals surface area contributed by atoms with Crippen LogP contribution in [-0.4, -0.2) is 24.7 Å². The van der Waals surface area contributed by atoms with Gasteiger partial charge in [0.2, 0.25) is 0 Å². The van der Waals surface area contributed by atoms with Gasteiger partial charge in [-0.3, -0.25) is 0 Å². The van der Waals surface area contributed by atoms with E-state index in [2.05, 4.69) is 17.6 Å². The lowest BCUT2D eigenvalue weighted by Gasteiger charge is -2.33. The van der Waals surface area contributed by atoms with E-state index in [4.69, 9.17) is 0 Å². The average molecular weight is 208 g/mol. The van der Waals surface area contributed by atoms with Gasteiger partial charge in [0.15, 0.2) is 0 Å². The van der Waals surface area contributed by atoms with Crippen molar-refractivity contribution in [2.24, 2.45) is 11.8 Å². The second-order valence-corrected chi connectivity index (χ2v) is 6.02. The molecule has 3 fully saturated rings. The van der Waals surface area contributed by atoms with E-state index in [0.717, 1.165) is 30.0 Å². The van der Waals surface area contributed by atoms with E-state index >= 15 is 0 Å². The third-order valence-corrected chi connectivity index (χ3v) is 4.81. The molecule has 5 atom stereocenters. The molecule has 0 spiro atoms. The Balaban J connectivity index is 1.52. The maximum absolute atomic E-state index is 3.94. The predicted octanol–water partition coefficient (Wildman–Crippen LogP) is 1.91. The molecule has 2 bridgehead atoms. The van der Waals surface area contributed by atoms with Crippen molar-refractivity contribution >= 4 is 0 Å². The Bertz CT molecular complexity index is 229. The maximum Gasteiger partial charge on any atom is 0.0101 e. The zero-order chi connectivity index (χ0) is 10.3. The quantitative estimate of drug-likeness (QED) is 0.724. The van der Waals surface area contributed by atoms with Crippen molar-refractivity contribution < 1.29 is 0 Å². The molecular formula is C13H24N2. The van der Waals surface area contributed by atoms with Gasteiger partial charge >= 0.3 is 0 Å². The van der Waals surface area contributed by atoms with Gasteiger partial charge in [0.05, 0.1) is 0 Å². The molecule has 2 nitrogen and oxygen atoms in total. The van der Waals surface area contributed by atoms with Gasteiger partial charge in [-0.2, -0.15) is 0 Å². The molecule has 3 aliphatic rings. The van der Waals surface area contributed by atoms with E-state index in [1.54, 1.807) is 0 Å². The minimum Gasteiger partial charge on any atom is -0.314 e. The van der Waals surface area contributed by atoms with Gasteiger partial charge in [-0.05, 0) is 57.4 Å². The fraction of sp³-hybridized carbons (Fsp3) is 1.00. The van der Waals surface area contributed by atoms with Crippen LogP contribution in [-0.2, 0) is 0 Å². The van der Waals surface area contributed by atoms with E-state index < -0.39 is 0 Å². The second kappa shape index (κ2) is 4.06. The first-order valence-corrected chi connectivity index (χ1v) is 6.80. The first kappa shape index (κ1) is 10.1. The summed E-state index contributed by atoms with van der Waals surface area (Å²) in [4.78, 5) is 0. The SMILES string of the molecule is CC1CC(NC2CC3CCC2C3)CCN1. The van der Waals surface area contributed by atoms with Gasteiger partial charge in [-0.25, -0.2) is 0 Å². The highest BCUT2D eigenvalue weighted by molar-refractivity contribution is 4.96. The third kappa shape index (κ3) is 2.07. The summed E-state index contributed by atoms with van der Waals surface area (Å²) in [5.41, 5.74) is 0. The molecule has 0 amide bonds. The standard InChI is InChI=1S/C13H24N2/c1-9-6-12(4-5-14-9)15-13-8-10-2-3-11(13)7-10/h9-15H,2-8H2,1H3. The lowest BCUT2D eigenvalue weighted by molar-refractivity contribution is 0.263. The minimum atomic E-state index is 0.717. The lowest BCUT2D eigenvalue weighted by atomic mass is 9.92. The molecule has 86 valence electrons. The molecule has 0 aromatic rings. The van der Waals surface area contributed by atoms with Crippen molar-refractivity contribution in [2.75, 3.05) is 6.54 Å². The molecule has 0 aromatic carbocycles. The fourth-order valence-electron chi connectivity index (χ4n) is 4.03. The Morgan fingerprint density at radius 2 is 2.00 bits per heavy atom. The molecule has 2 saturated carbocycles. The van der Waals surface area contributed by atoms with Crippen molar-refractivity contribution in [3.63, 3.8) is 0 Å². The highest BCUT2D eigenvalue weighted by atomic mass is 15.0. The first-order valence-electron chi connectivity index (χ1n) is 6.80. The maximum atomic E-state index is 3.94. The van der Waals surface area contributed by atoms with Crippen LogP contribution in [0.15, 0.2) is 0 Å². The van der Waals surface area contributed by atoms with E-state index in [-0.39, 0.29) is 0 Å². The first-order chi connectivity index (χ1) is 7.31. The molecule has 1 aliphatic heterocycles. The summed E-state index contributed by atoms with van der Waals surface area (Å²) in [6.07, 6.45) is 8.68. The largest absolute Gasteiger partial charge is 0.314 e. The number of fused-ring (bicyclic) bond motifs is 2. The predicted molar refractivity (Wildman–Crippen MR) is 62.9 cm³/mol. The monoisotopic (exact) mass is 208 g/mol. The van der Waals surface area contributed by atoms with Crippen molar-refractivity contribution in [2.45, 2.75) is 63.6 Å². The minimum absolute atomic E-state index is 0.717. The number of hydrogen-bond acceptors (Lipinski definition) is 2. The summed E-state index contributed by atoms with van der Waals surface area (Å²) < 4.78 is 0. The molecule has 0 aromatic heterocycles. The van der Waals surface area contributed by atoms with Crippen LogP contribution < -0.4 is 10.6 Å². The van der Waals surface area contributed by atoms with Gasteiger partial charge in [-0.15, -0.1) is 0 Å². The zero-order valence-corrected chi connectivity index (χ0v) is 9.84. The molecule has 3 rings (SSSR count). The van der Waals surface area contributed by atoms with Gasteiger partial charge in [0.25, 0.3) is 0 Å². The smallest absolute Gasteiger partial charge is 0.0101 e. The summed E-state index contributed by atoms with van der Waals surface area (Å²) in [5, 5.41) is 7.47. The van der Waals surface area contributed by atoms with Crippen LogP contribution in [0.4, 0.5) is 0 Å². The van der Waals surface area contributed by atoms with E-state index in [0.29, 0.717) is 0 Å². The number of hydrogen-bond donors (Lipinski definition) is 2. The summed E-state index contributed by atoms with van der Waals surface area (Å²) in [7, 11) is 0. The summed E-state index contributed by atoms with van der Waals surface area (Å²) in [5.74, 6) is 2.10. The van der Waals surface area contributed by atoms with Crippen LogP contribution in [0.5, 0.6) is 0 Å². The van der Waals surface area contributed by atoms with Gasteiger partial charge in [-0.1, -0.05) is 6.42 Å². The van der Waals surface area contributed by atoms with Crippen molar-refractivity contribution in [3.8, 4) is 0 Å². The number of rotatable bonds is 2. The number of nitrogens with one attached hydrogen (secondary N) is 2. The molecule has 1 heterocycles. The van der Waals surface area contributed by atoms with Crippen LogP contribution in [0.25, 0.3) is 0 Å². The Morgan fingerprint density at radius 1 is 1.07 bits per heavy atom. The summed E-state index contributed by atoms with van der Waals surface area (Å²) in [6, 6.07) is 2.39. The van der Waals surface area contributed by atoms with Crippen LogP contribution in [0.1, 0.15) is 45.4 Å². The highest BCUT2D eigenvalue weighted by Gasteiger charge is 2.40. The number of piperidine rings is 1. The van der Waals surface area contributed by atoms with Crippen molar-refractivity contribution in [1.82, 2.24) is 10.6 Å². The van der Waals surface area contributed by atoms with Crippen LogP contribution in [0.2, 0.25) is 0 Å². The van der Waals surface area contributed by atoms with E-state index in [9.17, 15) is 0 Å². The molecule has 2 N–H and O–H groups in total. The molecular weight excluding hydrogens is 184 g/mol. The Hall–Kier alpha value is -0.0800. The molecule has 15 heavy (non-hydrogen) atoms. The van der Waals surface area contributed by atoms with Crippen molar-refractivity contribution in [1.29, 1.82) is 0 Å². The van der Waals surface area contributed by atoms with Gasteiger partial charge in [0.1, 0.15) is 0 Å². The van der Waals surface area contributed by atoms with Gasteiger partial charge in [0, 0.05) is 18.1 Å². The van der Waals surface area contributed by atoms with Crippen LogP contribution in [0, 0.1) is 11.8 Å². The highest BCUT2D eigenvalue weighted by Crippen LogP contribution is 2.44. The Labute approximate surface area is 93.2 Å². The molecule has 2 heteroatoms. The summed E-state index contributed by atoms with van der Waals surface area (Å²) in [6.45, 7) is 3.52. The van der Waals surface area contributed by atoms with E-state index in [1.165, 1.54) is 45.1 Å². The molecule has 5 unspecified atom stereocenters. The van der Waals surface area contributed by atoms with E-state index in [1.807, 2.05) is 0 Å². The lowest BCUT2D eigenvalue weighted by Crippen LogP contribution is -2.49. The fourth-order valence-corrected chi connectivity index (χ4v) is 4.03. The molecule has 1 saturated heterocycles. The normalized spacial score (nSPS) is 49.8. The van der Waals surface area contributed by atoms with Crippen molar-refractivity contribution in [3.05, 3.63) is 0 Å². The summed E-state index contributed by atoms with van der Waals surface area (Å²) >= 11 is 0. The van der Waals surface area contributed by atoms with Crippen LogP contribution >= 0.6 is 0 Å². The second-order valence-electron chi connectivity index (χ2n) is 6.02. The average Bonchev–Trinajstić information content (AvgIpc) is 2.79. The van der Waals surface area contributed by atoms with Crippen LogP contribution in [0.3, 0.4) is 0 Å². The van der Waals surface area contributed by atoms with Gasteiger partial charge < -0.3 is 10.6 Å².